The molecular formula is C24H29N5O2. The van der Waals surface area contributed by atoms with Crippen molar-refractivity contribution in [1.82, 2.24) is 15.5 Å². The number of methoxy groups -OCH3 is 1. The number of nitrogens with zero attached hydrogens (tertiary/aromatic N) is 3. The van der Waals surface area contributed by atoms with Gasteiger partial charge in [0.1, 0.15) is 5.75 Å². The summed E-state index contributed by atoms with van der Waals surface area (Å²) >= 11 is 0. The van der Waals surface area contributed by atoms with E-state index in [2.05, 4.69) is 32.7 Å². The number of nitriles is 1. The lowest BCUT2D eigenvalue weighted by Crippen LogP contribution is -2.52. The third kappa shape index (κ3) is 5.15. The molecule has 2 aromatic rings. The standard InChI is InChI=1S/C24H29N5O2/c1-3-26-23(28-18-25)29-15-13-24(14-16-29,19-9-5-4-6-10-19)17-27-22(30)20-11-7-8-12-21(20)31-2/h4-12H,3,13-17H2,1-2H3,(H,26,28)(H,27,30). The Balaban J connectivity index is 1.78. The van der Waals surface area contributed by atoms with Gasteiger partial charge in [0.05, 0.1) is 12.7 Å². The number of para-hydroxylation sites is 1. The van der Waals surface area contributed by atoms with Gasteiger partial charge in [-0.15, -0.1) is 0 Å². The van der Waals surface area contributed by atoms with E-state index in [9.17, 15) is 4.79 Å². The summed E-state index contributed by atoms with van der Waals surface area (Å²) in [7, 11) is 1.57. The molecule has 31 heavy (non-hydrogen) atoms. The van der Waals surface area contributed by atoms with Crippen LogP contribution in [0.4, 0.5) is 0 Å². The summed E-state index contributed by atoms with van der Waals surface area (Å²) in [6.45, 7) is 4.57. The van der Waals surface area contributed by atoms with Gasteiger partial charge in [-0.1, -0.05) is 42.5 Å². The second-order valence-corrected chi connectivity index (χ2v) is 7.55. The molecule has 1 amide bonds. The Labute approximate surface area is 183 Å². The van der Waals surface area contributed by atoms with Crippen molar-refractivity contribution in [2.75, 3.05) is 33.3 Å². The maximum Gasteiger partial charge on any atom is 0.255 e. The molecule has 2 aromatic carbocycles. The number of piperidine rings is 1. The van der Waals surface area contributed by atoms with Gasteiger partial charge in [0.25, 0.3) is 5.91 Å². The van der Waals surface area contributed by atoms with Crippen molar-refractivity contribution < 1.29 is 9.53 Å². The minimum atomic E-state index is -0.195. The molecule has 0 atom stereocenters. The number of carbonyl (C=O) groups is 1. The zero-order valence-corrected chi connectivity index (χ0v) is 18.1. The van der Waals surface area contributed by atoms with Gasteiger partial charge in [0.2, 0.25) is 5.96 Å². The molecule has 162 valence electrons. The van der Waals surface area contributed by atoms with E-state index in [0.29, 0.717) is 30.4 Å². The third-order valence-electron chi connectivity index (χ3n) is 5.82. The van der Waals surface area contributed by atoms with E-state index in [4.69, 9.17) is 10.00 Å². The molecule has 3 rings (SSSR count). The largest absolute Gasteiger partial charge is 0.496 e. The Bertz CT molecular complexity index is 944. The number of hydrogen-bond acceptors (Lipinski definition) is 4. The molecule has 1 heterocycles. The molecule has 0 saturated carbocycles. The number of ether oxygens (including phenoxy) is 1. The molecule has 1 saturated heterocycles. The number of hydrogen-bond donors (Lipinski definition) is 2. The lowest BCUT2D eigenvalue weighted by molar-refractivity contribution is 0.0929. The fraction of sp³-hybridized carbons (Fsp3) is 0.375. The predicted molar refractivity (Wildman–Crippen MR) is 121 cm³/mol. The molecule has 2 N–H and O–H groups in total. The van der Waals surface area contributed by atoms with E-state index in [-0.39, 0.29) is 11.3 Å². The summed E-state index contributed by atoms with van der Waals surface area (Å²) < 4.78 is 5.34. The summed E-state index contributed by atoms with van der Waals surface area (Å²) in [5, 5.41) is 14.9. The first kappa shape index (κ1) is 22.2. The Kier molecular flexibility index (Phi) is 7.50. The first-order valence-electron chi connectivity index (χ1n) is 10.5. The van der Waals surface area contributed by atoms with Crippen LogP contribution in [-0.2, 0) is 5.41 Å². The van der Waals surface area contributed by atoms with Gasteiger partial charge in [0, 0.05) is 31.6 Å². The molecular weight excluding hydrogens is 390 g/mol. The van der Waals surface area contributed by atoms with Crippen molar-refractivity contribution in [2.45, 2.75) is 25.2 Å². The second kappa shape index (κ2) is 10.5. The quantitative estimate of drug-likeness (QED) is 0.325. The topological polar surface area (TPSA) is 89.8 Å². The van der Waals surface area contributed by atoms with Crippen LogP contribution in [0.3, 0.4) is 0 Å². The van der Waals surface area contributed by atoms with Crippen LogP contribution >= 0.6 is 0 Å². The van der Waals surface area contributed by atoms with Gasteiger partial charge >= 0.3 is 0 Å². The summed E-state index contributed by atoms with van der Waals surface area (Å²) in [6.07, 6.45) is 3.64. The molecule has 1 aliphatic heterocycles. The number of aliphatic imine (C=N–C) groups is 1. The summed E-state index contributed by atoms with van der Waals surface area (Å²) in [5.41, 5.74) is 1.54. The molecule has 0 spiro atoms. The highest BCUT2D eigenvalue weighted by atomic mass is 16.5. The average molecular weight is 420 g/mol. The number of benzene rings is 2. The Morgan fingerprint density at radius 2 is 1.84 bits per heavy atom. The van der Waals surface area contributed by atoms with E-state index in [1.165, 1.54) is 5.56 Å². The zero-order valence-electron chi connectivity index (χ0n) is 18.1. The van der Waals surface area contributed by atoms with Crippen LogP contribution in [0.5, 0.6) is 5.75 Å². The lowest BCUT2D eigenvalue weighted by atomic mass is 9.72. The third-order valence-corrected chi connectivity index (χ3v) is 5.82. The van der Waals surface area contributed by atoms with Crippen molar-refractivity contribution >= 4 is 11.9 Å². The molecule has 0 radical (unpaired) electrons. The summed E-state index contributed by atoms with van der Waals surface area (Å²) in [4.78, 5) is 19.4. The fourth-order valence-electron chi connectivity index (χ4n) is 4.10. The lowest BCUT2D eigenvalue weighted by Gasteiger charge is -2.43. The fourth-order valence-corrected chi connectivity index (χ4v) is 4.10. The molecule has 0 aliphatic carbocycles. The van der Waals surface area contributed by atoms with Crippen LogP contribution < -0.4 is 15.4 Å². The van der Waals surface area contributed by atoms with Crippen molar-refractivity contribution in [3.05, 3.63) is 65.7 Å². The van der Waals surface area contributed by atoms with Gasteiger partial charge in [-0.05, 0) is 37.5 Å². The molecule has 0 aromatic heterocycles. The van der Waals surface area contributed by atoms with Gasteiger partial charge < -0.3 is 15.0 Å². The Morgan fingerprint density at radius 1 is 1.16 bits per heavy atom. The minimum absolute atomic E-state index is 0.144. The highest BCUT2D eigenvalue weighted by molar-refractivity contribution is 5.97. The Hall–Kier alpha value is -3.53. The average Bonchev–Trinajstić information content (AvgIpc) is 2.83. The van der Waals surface area contributed by atoms with Crippen LogP contribution in [0.2, 0.25) is 0 Å². The maximum absolute atomic E-state index is 12.9. The second-order valence-electron chi connectivity index (χ2n) is 7.55. The van der Waals surface area contributed by atoms with Crippen LogP contribution in [-0.4, -0.2) is 50.1 Å². The van der Waals surface area contributed by atoms with Crippen LogP contribution in [0.25, 0.3) is 0 Å². The summed E-state index contributed by atoms with van der Waals surface area (Å²) in [5.74, 6) is 1.03. The Morgan fingerprint density at radius 3 is 2.48 bits per heavy atom. The van der Waals surface area contributed by atoms with Gasteiger partial charge in [-0.3, -0.25) is 15.1 Å². The maximum atomic E-state index is 12.9. The minimum Gasteiger partial charge on any atom is -0.496 e. The SMILES string of the molecule is CCN=C(NC#N)N1CCC(CNC(=O)c2ccccc2OC)(c2ccccc2)CC1. The van der Waals surface area contributed by atoms with E-state index >= 15 is 0 Å². The van der Waals surface area contributed by atoms with Gasteiger partial charge in [-0.25, -0.2) is 0 Å². The number of nitrogens with one attached hydrogen (secondary N) is 2. The molecule has 7 heteroatoms. The van der Waals surface area contributed by atoms with Crippen LogP contribution in [0.1, 0.15) is 35.7 Å². The van der Waals surface area contributed by atoms with E-state index in [0.717, 1.165) is 25.9 Å². The van der Waals surface area contributed by atoms with Crippen molar-refractivity contribution in [1.29, 1.82) is 5.26 Å². The number of guanidine groups is 1. The first-order valence-corrected chi connectivity index (χ1v) is 10.5. The smallest absolute Gasteiger partial charge is 0.255 e. The molecule has 0 bridgehead atoms. The van der Waals surface area contributed by atoms with E-state index in [1.807, 2.05) is 43.4 Å². The van der Waals surface area contributed by atoms with Crippen LogP contribution in [0, 0.1) is 11.5 Å². The highest BCUT2D eigenvalue weighted by Crippen LogP contribution is 2.35. The van der Waals surface area contributed by atoms with Crippen molar-refractivity contribution in [3.63, 3.8) is 0 Å². The number of likely N-dealkylation sites (tertiary alicyclic amines) is 1. The zero-order chi connectivity index (χ0) is 22.1. The van der Waals surface area contributed by atoms with Crippen molar-refractivity contribution in [2.24, 2.45) is 4.99 Å². The van der Waals surface area contributed by atoms with Crippen molar-refractivity contribution in [3.8, 4) is 11.9 Å². The normalized spacial score (nSPS) is 15.6. The van der Waals surface area contributed by atoms with Gasteiger partial charge in [-0.2, -0.15) is 5.26 Å². The van der Waals surface area contributed by atoms with E-state index in [1.54, 1.807) is 19.2 Å². The number of amides is 1. The number of rotatable bonds is 6. The monoisotopic (exact) mass is 419 g/mol. The first-order chi connectivity index (χ1) is 15.1. The van der Waals surface area contributed by atoms with E-state index < -0.39 is 0 Å². The highest BCUT2D eigenvalue weighted by Gasteiger charge is 2.37. The molecule has 1 fully saturated rings. The van der Waals surface area contributed by atoms with Gasteiger partial charge in [0.15, 0.2) is 6.19 Å². The number of carbonyl (C=O) groups excluding carboxylic acids is 1. The molecule has 7 nitrogen and oxygen atoms in total. The molecule has 1 aliphatic rings. The molecule has 0 unspecified atom stereocenters. The van der Waals surface area contributed by atoms with Crippen LogP contribution in [0.15, 0.2) is 59.6 Å². The predicted octanol–water partition coefficient (Wildman–Crippen LogP) is 2.91. The summed E-state index contributed by atoms with van der Waals surface area (Å²) in [6, 6.07) is 17.6.